The van der Waals surface area contributed by atoms with Crippen molar-refractivity contribution in [3.8, 4) is 5.75 Å². The van der Waals surface area contributed by atoms with Gasteiger partial charge in [0.15, 0.2) is 0 Å². The van der Waals surface area contributed by atoms with Gasteiger partial charge in [-0.3, -0.25) is 5.43 Å². The summed E-state index contributed by atoms with van der Waals surface area (Å²) in [5.74, 6) is 0.776. The second kappa shape index (κ2) is 7.19. The van der Waals surface area contributed by atoms with Crippen molar-refractivity contribution in [2.24, 2.45) is 5.10 Å². The van der Waals surface area contributed by atoms with E-state index in [4.69, 9.17) is 39.5 Å². The normalized spacial score (nSPS) is 17.7. The van der Waals surface area contributed by atoms with Crippen LogP contribution >= 0.6 is 34.8 Å². The van der Waals surface area contributed by atoms with Crippen LogP contribution in [0.1, 0.15) is 11.6 Å². The van der Waals surface area contributed by atoms with Crippen LogP contribution < -0.4 is 10.2 Å². The van der Waals surface area contributed by atoms with Gasteiger partial charge in [-0.15, -0.1) is 0 Å². The molecule has 3 aromatic rings. The molecule has 1 aliphatic heterocycles. The number of benzene rings is 2. The maximum Gasteiger partial charge on any atom is 0.128 e. The topological polar surface area (TPSA) is 51.4 Å². The number of nitrogens with zero attached hydrogens (tertiary/aromatic N) is 3. The number of para-hydroxylation sites is 1. The van der Waals surface area contributed by atoms with E-state index in [9.17, 15) is 0 Å². The van der Waals surface area contributed by atoms with E-state index in [1.54, 1.807) is 24.7 Å². The number of nitrogens with one attached hydrogen (secondary N) is 1. The van der Waals surface area contributed by atoms with Crippen LogP contribution in [0.3, 0.4) is 0 Å². The standard InChI is InChI=1S/C18H13Cl3N4O/c19-11-7-13(20)18(14(21)8-11)24-23-17-12-3-1-2-4-16(12)26-9-15(17)25-6-5-22-10-25/h1-8,10,15,24H,9H2. The third-order valence-corrected chi connectivity index (χ3v) is 4.87. The summed E-state index contributed by atoms with van der Waals surface area (Å²) in [4.78, 5) is 4.12. The highest BCUT2D eigenvalue weighted by atomic mass is 35.5. The first-order chi connectivity index (χ1) is 12.6. The first-order valence-corrected chi connectivity index (χ1v) is 8.94. The van der Waals surface area contributed by atoms with Gasteiger partial charge in [0.1, 0.15) is 18.4 Å². The summed E-state index contributed by atoms with van der Waals surface area (Å²) >= 11 is 18.5. The molecule has 0 saturated carbocycles. The lowest BCUT2D eigenvalue weighted by atomic mass is 10.00. The zero-order valence-electron chi connectivity index (χ0n) is 13.4. The molecule has 1 N–H and O–H groups in total. The Bertz CT molecular complexity index is 949. The lowest BCUT2D eigenvalue weighted by Gasteiger charge is -2.28. The molecule has 1 aliphatic rings. The van der Waals surface area contributed by atoms with Crippen LogP contribution in [0, 0.1) is 0 Å². The maximum atomic E-state index is 6.25. The number of ether oxygens (including phenoxy) is 1. The zero-order chi connectivity index (χ0) is 18.1. The minimum atomic E-state index is -0.134. The lowest BCUT2D eigenvalue weighted by molar-refractivity contribution is 0.273. The molecule has 1 atom stereocenters. The lowest BCUT2D eigenvalue weighted by Crippen LogP contribution is -2.31. The summed E-state index contributed by atoms with van der Waals surface area (Å²) in [6.07, 6.45) is 5.33. The van der Waals surface area contributed by atoms with Gasteiger partial charge in [-0.25, -0.2) is 4.98 Å². The van der Waals surface area contributed by atoms with E-state index >= 15 is 0 Å². The van der Waals surface area contributed by atoms with Crippen LogP contribution in [-0.4, -0.2) is 21.9 Å². The molecule has 0 saturated heterocycles. The zero-order valence-corrected chi connectivity index (χ0v) is 15.6. The Balaban J connectivity index is 1.76. The number of hydrogen-bond donors (Lipinski definition) is 1. The number of imidazole rings is 1. The van der Waals surface area contributed by atoms with Gasteiger partial charge in [0.25, 0.3) is 0 Å². The Morgan fingerprint density at radius 1 is 1.15 bits per heavy atom. The quantitative estimate of drug-likeness (QED) is 0.600. The van der Waals surface area contributed by atoms with Crippen LogP contribution in [0.15, 0.2) is 60.2 Å². The summed E-state index contributed by atoms with van der Waals surface area (Å²) in [5.41, 5.74) is 5.18. The molecule has 2 heterocycles. The van der Waals surface area contributed by atoms with Gasteiger partial charge in [0.05, 0.1) is 27.8 Å². The van der Waals surface area contributed by atoms with Gasteiger partial charge in [-0.1, -0.05) is 46.9 Å². The number of hydrogen-bond acceptors (Lipinski definition) is 4. The molecule has 0 amide bonds. The predicted molar refractivity (Wildman–Crippen MR) is 105 cm³/mol. The van der Waals surface area contributed by atoms with Gasteiger partial charge < -0.3 is 9.30 Å². The van der Waals surface area contributed by atoms with E-state index < -0.39 is 0 Å². The van der Waals surface area contributed by atoms with Gasteiger partial charge in [0.2, 0.25) is 0 Å². The van der Waals surface area contributed by atoms with Crippen LogP contribution in [0.2, 0.25) is 15.1 Å². The summed E-state index contributed by atoms with van der Waals surface area (Å²) in [5, 5.41) is 5.86. The molecule has 0 fully saturated rings. The Kier molecular flexibility index (Phi) is 4.76. The maximum absolute atomic E-state index is 6.25. The third kappa shape index (κ3) is 3.26. The SMILES string of the molecule is Clc1cc(Cl)c(NN=C2c3ccccc3OCC2n2ccnc2)c(Cl)c1. The van der Waals surface area contributed by atoms with Crippen molar-refractivity contribution in [1.29, 1.82) is 0 Å². The van der Waals surface area contributed by atoms with Crippen molar-refractivity contribution in [2.45, 2.75) is 6.04 Å². The minimum absolute atomic E-state index is 0.134. The van der Waals surface area contributed by atoms with E-state index in [1.807, 2.05) is 35.0 Å². The van der Waals surface area contributed by atoms with E-state index in [2.05, 4.69) is 15.5 Å². The molecule has 132 valence electrons. The molecule has 0 aliphatic carbocycles. The second-order valence-corrected chi connectivity index (χ2v) is 6.94. The Labute approximate surface area is 165 Å². The van der Waals surface area contributed by atoms with Crippen molar-refractivity contribution < 1.29 is 4.74 Å². The highest BCUT2D eigenvalue weighted by Gasteiger charge is 2.28. The Morgan fingerprint density at radius 2 is 1.92 bits per heavy atom. The molecule has 0 spiro atoms. The largest absolute Gasteiger partial charge is 0.490 e. The van der Waals surface area contributed by atoms with Crippen LogP contribution in [0.5, 0.6) is 5.75 Å². The first kappa shape index (κ1) is 17.2. The Hall–Kier alpha value is -2.21. The summed E-state index contributed by atoms with van der Waals surface area (Å²) in [6.45, 7) is 0.440. The molecule has 0 bridgehead atoms. The Morgan fingerprint density at radius 3 is 2.65 bits per heavy atom. The van der Waals surface area contributed by atoms with Crippen molar-refractivity contribution in [3.63, 3.8) is 0 Å². The fourth-order valence-corrected chi connectivity index (χ4v) is 3.71. The first-order valence-electron chi connectivity index (χ1n) is 7.81. The van der Waals surface area contributed by atoms with Gasteiger partial charge in [0, 0.05) is 23.0 Å². The van der Waals surface area contributed by atoms with Crippen molar-refractivity contribution in [1.82, 2.24) is 9.55 Å². The molecule has 4 rings (SSSR count). The van der Waals surface area contributed by atoms with Gasteiger partial charge in [-0.05, 0) is 24.3 Å². The van der Waals surface area contributed by atoms with Crippen LogP contribution in [-0.2, 0) is 0 Å². The van der Waals surface area contributed by atoms with E-state index in [0.717, 1.165) is 17.0 Å². The monoisotopic (exact) mass is 406 g/mol. The van der Waals surface area contributed by atoms with Crippen molar-refractivity contribution >= 4 is 46.2 Å². The fourth-order valence-electron chi connectivity index (χ4n) is 2.81. The molecule has 5 nitrogen and oxygen atoms in total. The minimum Gasteiger partial charge on any atom is -0.490 e. The number of fused-ring (bicyclic) bond motifs is 1. The smallest absolute Gasteiger partial charge is 0.128 e. The molecule has 0 radical (unpaired) electrons. The van der Waals surface area contributed by atoms with E-state index in [0.29, 0.717) is 27.4 Å². The fraction of sp³-hybridized carbons (Fsp3) is 0.111. The molecule has 2 aromatic carbocycles. The molecule has 8 heteroatoms. The number of anilines is 1. The highest BCUT2D eigenvalue weighted by molar-refractivity contribution is 6.41. The molecular formula is C18H13Cl3N4O. The van der Waals surface area contributed by atoms with E-state index in [-0.39, 0.29) is 6.04 Å². The number of rotatable bonds is 3. The van der Waals surface area contributed by atoms with Gasteiger partial charge >= 0.3 is 0 Å². The summed E-state index contributed by atoms with van der Waals surface area (Å²) < 4.78 is 7.82. The average Bonchev–Trinajstić information content (AvgIpc) is 3.15. The molecule has 26 heavy (non-hydrogen) atoms. The molecule has 1 unspecified atom stereocenters. The molecule has 1 aromatic heterocycles. The van der Waals surface area contributed by atoms with Crippen LogP contribution in [0.4, 0.5) is 5.69 Å². The van der Waals surface area contributed by atoms with Crippen LogP contribution in [0.25, 0.3) is 0 Å². The average molecular weight is 408 g/mol. The van der Waals surface area contributed by atoms with Gasteiger partial charge in [-0.2, -0.15) is 5.10 Å². The second-order valence-electron chi connectivity index (χ2n) is 5.69. The summed E-state index contributed by atoms with van der Waals surface area (Å²) in [6, 6.07) is 10.8. The predicted octanol–water partition coefficient (Wildman–Crippen LogP) is 5.29. The highest BCUT2D eigenvalue weighted by Crippen LogP contribution is 2.35. The molecular weight excluding hydrogens is 395 g/mol. The van der Waals surface area contributed by atoms with Crippen molar-refractivity contribution in [3.05, 3.63) is 75.8 Å². The third-order valence-electron chi connectivity index (χ3n) is 4.06. The number of hydrazone groups is 1. The summed E-state index contributed by atoms with van der Waals surface area (Å²) in [7, 11) is 0. The van der Waals surface area contributed by atoms with E-state index in [1.165, 1.54) is 0 Å². The number of halogens is 3. The number of aromatic nitrogens is 2. The van der Waals surface area contributed by atoms with Crippen molar-refractivity contribution in [2.75, 3.05) is 12.0 Å².